The van der Waals surface area contributed by atoms with Crippen LogP contribution in [0.15, 0.2) is 64.6 Å². The van der Waals surface area contributed by atoms with Gasteiger partial charge in [-0.1, -0.05) is 35.5 Å². The lowest BCUT2D eigenvalue weighted by molar-refractivity contribution is -0.114. The van der Waals surface area contributed by atoms with Crippen LogP contribution in [0.1, 0.15) is 12.5 Å². The molecule has 0 fully saturated rings. The Morgan fingerprint density at radius 3 is 2.25 bits per heavy atom. The van der Waals surface area contributed by atoms with Gasteiger partial charge in [0.05, 0.1) is 11.4 Å². The number of nitrogens with zero attached hydrogens (tertiary/aromatic N) is 1. The molecule has 2 aromatic carbocycles. The number of nitrogens with one attached hydrogen (secondary N) is 2. The van der Waals surface area contributed by atoms with Crippen LogP contribution in [0.4, 0.5) is 5.69 Å². The van der Waals surface area contributed by atoms with Gasteiger partial charge in [-0.2, -0.15) is 0 Å². The molecule has 2 aromatic rings. The van der Waals surface area contributed by atoms with Crippen molar-refractivity contribution in [1.82, 2.24) is 4.72 Å². The maximum absolute atomic E-state index is 12.3. The molecule has 1 amide bonds. The lowest BCUT2D eigenvalue weighted by Crippen LogP contribution is -2.30. The second kappa shape index (κ2) is 7.71. The van der Waals surface area contributed by atoms with Crippen molar-refractivity contribution in [1.29, 1.82) is 0 Å². The molecule has 0 saturated heterocycles. The molecule has 0 aliphatic rings. The van der Waals surface area contributed by atoms with Gasteiger partial charge in [-0.25, -0.2) is 13.1 Å². The summed E-state index contributed by atoms with van der Waals surface area (Å²) >= 11 is 0. The molecule has 0 aliphatic carbocycles. The quantitative estimate of drug-likeness (QED) is 0.421. The first-order valence-corrected chi connectivity index (χ1v) is 8.54. The van der Waals surface area contributed by atoms with Gasteiger partial charge in [-0.15, -0.1) is 0 Å². The molecular weight excluding hydrogens is 330 g/mol. The van der Waals surface area contributed by atoms with Crippen LogP contribution in [0.5, 0.6) is 0 Å². The zero-order valence-electron chi connectivity index (χ0n) is 12.9. The van der Waals surface area contributed by atoms with Crippen molar-refractivity contribution < 1.29 is 18.4 Å². The van der Waals surface area contributed by atoms with Crippen molar-refractivity contribution in [2.75, 3.05) is 11.9 Å². The Morgan fingerprint density at radius 2 is 1.71 bits per heavy atom. The second-order valence-electron chi connectivity index (χ2n) is 4.94. The van der Waals surface area contributed by atoms with Crippen LogP contribution in [0.2, 0.25) is 0 Å². The summed E-state index contributed by atoms with van der Waals surface area (Å²) in [5.74, 6) is -0.240. The molecule has 0 radical (unpaired) electrons. The molecule has 2 rings (SSSR count). The van der Waals surface area contributed by atoms with E-state index < -0.39 is 10.0 Å². The standard InChI is InChI=1S/C16H17N3O4S/c1-12(20)18-14-7-9-15(10-8-14)24(22,23)17-11-16(19-21)13-5-3-2-4-6-13/h2-10,17,21H,11H2,1H3,(H,18,20)/b19-16-. The third-order valence-electron chi connectivity index (χ3n) is 3.14. The maximum atomic E-state index is 12.3. The molecule has 7 nitrogen and oxygen atoms in total. The van der Waals surface area contributed by atoms with Crippen LogP contribution in [0, 0.1) is 0 Å². The maximum Gasteiger partial charge on any atom is 0.240 e. The molecule has 0 atom stereocenters. The van der Waals surface area contributed by atoms with Gasteiger partial charge in [0.2, 0.25) is 15.9 Å². The predicted molar refractivity (Wildman–Crippen MR) is 90.7 cm³/mol. The van der Waals surface area contributed by atoms with Crippen molar-refractivity contribution in [3.05, 3.63) is 60.2 Å². The van der Waals surface area contributed by atoms with Crippen molar-refractivity contribution in [2.24, 2.45) is 5.16 Å². The SMILES string of the molecule is CC(=O)Nc1ccc(S(=O)(=O)NC/C(=N/O)c2ccccc2)cc1. The third-order valence-corrected chi connectivity index (χ3v) is 4.56. The normalized spacial score (nSPS) is 12.0. The molecule has 0 aliphatic heterocycles. The molecule has 0 aromatic heterocycles. The lowest BCUT2D eigenvalue weighted by Gasteiger charge is -2.09. The van der Waals surface area contributed by atoms with Gasteiger partial charge in [0, 0.05) is 18.2 Å². The molecule has 0 bridgehead atoms. The summed E-state index contributed by atoms with van der Waals surface area (Å²) in [5.41, 5.74) is 1.32. The zero-order chi connectivity index (χ0) is 17.6. The topological polar surface area (TPSA) is 108 Å². The largest absolute Gasteiger partial charge is 0.411 e. The Morgan fingerprint density at radius 1 is 1.08 bits per heavy atom. The monoisotopic (exact) mass is 347 g/mol. The summed E-state index contributed by atoms with van der Waals surface area (Å²) in [4.78, 5) is 11.0. The highest BCUT2D eigenvalue weighted by molar-refractivity contribution is 7.89. The Balaban J connectivity index is 2.09. The number of carbonyl (C=O) groups is 1. The van der Waals surface area contributed by atoms with Crippen LogP contribution < -0.4 is 10.0 Å². The van der Waals surface area contributed by atoms with E-state index in [4.69, 9.17) is 5.21 Å². The summed E-state index contributed by atoms with van der Waals surface area (Å²) in [7, 11) is -3.77. The number of rotatable bonds is 6. The van der Waals surface area contributed by atoms with Crippen LogP contribution in [-0.4, -0.2) is 31.8 Å². The molecule has 126 valence electrons. The Kier molecular flexibility index (Phi) is 5.67. The fraction of sp³-hybridized carbons (Fsp3) is 0.125. The first-order chi connectivity index (χ1) is 11.4. The average Bonchev–Trinajstić information content (AvgIpc) is 2.56. The third kappa shape index (κ3) is 4.64. The lowest BCUT2D eigenvalue weighted by atomic mass is 10.1. The Hall–Kier alpha value is -2.71. The van der Waals surface area contributed by atoms with Gasteiger partial charge in [-0.05, 0) is 24.3 Å². The zero-order valence-corrected chi connectivity index (χ0v) is 13.7. The van der Waals surface area contributed by atoms with E-state index in [1.54, 1.807) is 30.3 Å². The van der Waals surface area contributed by atoms with E-state index in [2.05, 4.69) is 15.2 Å². The van der Waals surface area contributed by atoms with Crippen molar-refractivity contribution >= 4 is 27.3 Å². The minimum Gasteiger partial charge on any atom is -0.411 e. The minimum atomic E-state index is -3.77. The Labute approximate surface area is 140 Å². The van der Waals surface area contributed by atoms with Crippen LogP contribution in [0.3, 0.4) is 0 Å². The van der Waals surface area contributed by atoms with Crippen LogP contribution >= 0.6 is 0 Å². The first kappa shape index (κ1) is 17.6. The number of hydrogen-bond donors (Lipinski definition) is 3. The minimum absolute atomic E-state index is 0.0435. The Bertz CT molecular complexity index is 831. The van der Waals surface area contributed by atoms with Gasteiger partial charge in [0.1, 0.15) is 5.71 Å². The highest BCUT2D eigenvalue weighted by Crippen LogP contribution is 2.14. The number of sulfonamides is 1. The molecule has 0 spiro atoms. The summed E-state index contributed by atoms with van der Waals surface area (Å²) < 4.78 is 26.9. The average molecular weight is 347 g/mol. The molecule has 0 heterocycles. The van der Waals surface area contributed by atoms with E-state index in [1.807, 2.05) is 0 Å². The number of benzene rings is 2. The number of anilines is 1. The van der Waals surface area contributed by atoms with Crippen LogP contribution in [0.25, 0.3) is 0 Å². The molecule has 8 heteroatoms. The van der Waals surface area contributed by atoms with E-state index in [-0.39, 0.29) is 23.1 Å². The number of carbonyl (C=O) groups excluding carboxylic acids is 1. The first-order valence-electron chi connectivity index (χ1n) is 7.06. The van der Waals surface area contributed by atoms with Crippen molar-refractivity contribution in [2.45, 2.75) is 11.8 Å². The second-order valence-corrected chi connectivity index (χ2v) is 6.71. The highest BCUT2D eigenvalue weighted by atomic mass is 32.2. The fourth-order valence-corrected chi connectivity index (χ4v) is 2.98. The van der Waals surface area contributed by atoms with Gasteiger partial charge in [0.25, 0.3) is 0 Å². The molecular formula is C16H17N3O4S. The number of hydrogen-bond acceptors (Lipinski definition) is 5. The highest BCUT2D eigenvalue weighted by Gasteiger charge is 2.15. The molecule has 3 N–H and O–H groups in total. The predicted octanol–water partition coefficient (Wildman–Crippen LogP) is 1.80. The number of amides is 1. The summed E-state index contributed by atoms with van der Waals surface area (Å²) in [6.45, 7) is 1.21. The molecule has 0 unspecified atom stereocenters. The van der Waals surface area contributed by atoms with Crippen LogP contribution in [-0.2, 0) is 14.8 Å². The summed E-state index contributed by atoms with van der Waals surface area (Å²) in [6.07, 6.45) is 0. The summed E-state index contributed by atoms with van der Waals surface area (Å²) in [6, 6.07) is 14.5. The van der Waals surface area contributed by atoms with Gasteiger partial charge >= 0.3 is 0 Å². The van der Waals surface area contributed by atoms with Gasteiger partial charge in [0.15, 0.2) is 0 Å². The van der Waals surface area contributed by atoms with E-state index in [0.29, 0.717) is 11.3 Å². The number of oxime groups is 1. The molecule has 24 heavy (non-hydrogen) atoms. The molecule has 0 saturated carbocycles. The van der Waals surface area contributed by atoms with E-state index in [0.717, 1.165) is 0 Å². The van der Waals surface area contributed by atoms with Gasteiger partial charge < -0.3 is 10.5 Å². The summed E-state index contributed by atoms with van der Waals surface area (Å²) in [5, 5.41) is 14.8. The van der Waals surface area contributed by atoms with E-state index in [9.17, 15) is 13.2 Å². The van der Waals surface area contributed by atoms with Crippen molar-refractivity contribution in [3.63, 3.8) is 0 Å². The smallest absolute Gasteiger partial charge is 0.240 e. The van der Waals surface area contributed by atoms with Gasteiger partial charge in [-0.3, -0.25) is 4.79 Å². The van der Waals surface area contributed by atoms with Crippen molar-refractivity contribution in [3.8, 4) is 0 Å². The van der Waals surface area contributed by atoms with E-state index in [1.165, 1.54) is 31.2 Å². The fourth-order valence-electron chi connectivity index (χ4n) is 1.99. The van der Waals surface area contributed by atoms with E-state index >= 15 is 0 Å².